The van der Waals surface area contributed by atoms with E-state index in [-0.39, 0.29) is 6.04 Å². The van der Waals surface area contributed by atoms with Crippen molar-refractivity contribution in [3.63, 3.8) is 0 Å². The molecule has 2 aromatic rings. The Morgan fingerprint density at radius 2 is 2.00 bits per heavy atom. The zero-order valence-corrected chi connectivity index (χ0v) is 10.2. The third kappa shape index (κ3) is 2.67. The summed E-state index contributed by atoms with van der Waals surface area (Å²) in [5, 5.41) is 3.90. The molecule has 98 valence electrons. The topological polar surface area (TPSA) is 27.8 Å². The lowest BCUT2D eigenvalue weighted by Crippen LogP contribution is -2.23. The maximum atomic E-state index is 12.6. The fourth-order valence-electron chi connectivity index (χ4n) is 1.91. The van der Waals surface area contributed by atoms with Crippen LogP contribution in [0.5, 0.6) is 0 Å². The van der Waals surface area contributed by atoms with Crippen LogP contribution in [0, 0.1) is 0 Å². The van der Waals surface area contributed by atoms with Crippen molar-refractivity contribution in [3.05, 3.63) is 35.5 Å². The number of likely N-dealkylation sites (N-methyl/N-ethyl adjacent to an activating group) is 1. The number of rotatable bonds is 3. The standard InChI is InChI=1S/C13H15F3N2/c1-8(17-2)5-11-6-9-3-4-10(13(14,15)16)7-12(9)18-11/h3-4,6-8,17-18H,5H2,1-2H3. The summed E-state index contributed by atoms with van der Waals surface area (Å²) >= 11 is 0. The molecule has 5 heteroatoms. The molecule has 0 fully saturated rings. The van der Waals surface area contributed by atoms with E-state index in [1.54, 1.807) is 0 Å². The van der Waals surface area contributed by atoms with Crippen LogP contribution in [0.25, 0.3) is 10.9 Å². The molecule has 0 spiro atoms. The van der Waals surface area contributed by atoms with Crippen molar-refractivity contribution in [2.45, 2.75) is 25.6 Å². The van der Waals surface area contributed by atoms with Crippen LogP contribution in [0.2, 0.25) is 0 Å². The molecule has 0 aliphatic rings. The molecule has 18 heavy (non-hydrogen) atoms. The SMILES string of the molecule is CNC(C)Cc1cc2ccc(C(F)(F)F)cc2[nH]1. The van der Waals surface area contributed by atoms with E-state index in [2.05, 4.69) is 10.3 Å². The van der Waals surface area contributed by atoms with Gasteiger partial charge in [0.05, 0.1) is 5.56 Å². The van der Waals surface area contributed by atoms with Gasteiger partial charge in [0.1, 0.15) is 0 Å². The summed E-state index contributed by atoms with van der Waals surface area (Å²) in [6, 6.07) is 5.94. The molecule has 2 rings (SSSR count). The molecule has 1 aromatic heterocycles. The number of nitrogens with one attached hydrogen (secondary N) is 2. The minimum Gasteiger partial charge on any atom is -0.358 e. The molecule has 0 aliphatic heterocycles. The van der Waals surface area contributed by atoms with Crippen LogP contribution in [-0.4, -0.2) is 18.1 Å². The van der Waals surface area contributed by atoms with Gasteiger partial charge in [-0.15, -0.1) is 0 Å². The van der Waals surface area contributed by atoms with Crippen molar-refractivity contribution in [1.82, 2.24) is 10.3 Å². The van der Waals surface area contributed by atoms with Crippen LogP contribution in [-0.2, 0) is 12.6 Å². The lowest BCUT2D eigenvalue weighted by atomic mass is 10.1. The van der Waals surface area contributed by atoms with Crippen molar-refractivity contribution in [3.8, 4) is 0 Å². The lowest BCUT2D eigenvalue weighted by molar-refractivity contribution is -0.137. The molecule has 0 aliphatic carbocycles. The van der Waals surface area contributed by atoms with Gasteiger partial charge in [-0.2, -0.15) is 13.2 Å². The van der Waals surface area contributed by atoms with Crippen LogP contribution in [0.3, 0.4) is 0 Å². The van der Waals surface area contributed by atoms with Gasteiger partial charge in [-0.05, 0) is 37.6 Å². The average molecular weight is 256 g/mol. The molecule has 1 unspecified atom stereocenters. The molecule has 0 amide bonds. The second-order valence-corrected chi connectivity index (χ2v) is 4.49. The Balaban J connectivity index is 2.34. The highest BCUT2D eigenvalue weighted by Crippen LogP contribution is 2.31. The molecule has 1 heterocycles. The number of fused-ring (bicyclic) bond motifs is 1. The average Bonchev–Trinajstić information content (AvgIpc) is 2.68. The zero-order chi connectivity index (χ0) is 13.3. The van der Waals surface area contributed by atoms with Crippen LogP contribution in [0.4, 0.5) is 13.2 Å². The second-order valence-electron chi connectivity index (χ2n) is 4.49. The Bertz CT molecular complexity index is 543. The van der Waals surface area contributed by atoms with Gasteiger partial charge in [-0.3, -0.25) is 0 Å². The smallest absolute Gasteiger partial charge is 0.358 e. The summed E-state index contributed by atoms with van der Waals surface area (Å²) < 4.78 is 37.7. The highest BCUT2D eigenvalue weighted by molar-refractivity contribution is 5.81. The molecule has 0 radical (unpaired) electrons. The van der Waals surface area contributed by atoms with Gasteiger partial charge in [0.15, 0.2) is 0 Å². The van der Waals surface area contributed by atoms with E-state index in [0.29, 0.717) is 5.52 Å². The largest absolute Gasteiger partial charge is 0.416 e. The van der Waals surface area contributed by atoms with Crippen molar-refractivity contribution in [2.75, 3.05) is 7.05 Å². The van der Waals surface area contributed by atoms with Gasteiger partial charge in [-0.1, -0.05) is 6.07 Å². The number of H-pyrrole nitrogens is 1. The summed E-state index contributed by atoms with van der Waals surface area (Å²) in [5.74, 6) is 0. The first-order valence-electron chi connectivity index (χ1n) is 5.76. The van der Waals surface area contributed by atoms with E-state index in [4.69, 9.17) is 0 Å². The van der Waals surface area contributed by atoms with Crippen molar-refractivity contribution in [2.24, 2.45) is 0 Å². The fourth-order valence-corrected chi connectivity index (χ4v) is 1.91. The number of alkyl halides is 3. The van der Waals surface area contributed by atoms with Gasteiger partial charge < -0.3 is 10.3 Å². The number of hydrogen-bond acceptors (Lipinski definition) is 1. The molecule has 0 saturated heterocycles. The number of halogens is 3. The first-order valence-corrected chi connectivity index (χ1v) is 5.76. The lowest BCUT2D eigenvalue weighted by Gasteiger charge is -2.07. The normalized spacial score (nSPS) is 14.1. The predicted molar refractivity (Wildman–Crippen MR) is 65.5 cm³/mol. The number of hydrogen-bond donors (Lipinski definition) is 2. The second kappa shape index (κ2) is 4.65. The van der Waals surface area contributed by atoms with E-state index >= 15 is 0 Å². The monoisotopic (exact) mass is 256 g/mol. The Labute approximate surface area is 103 Å². The van der Waals surface area contributed by atoms with E-state index in [0.717, 1.165) is 29.6 Å². The van der Waals surface area contributed by atoms with E-state index in [1.165, 1.54) is 6.07 Å². The molecular formula is C13H15F3N2. The van der Waals surface area contributed by atoms with Crippen molar-refractivity contribution >= 4 is 10.9 Å². The van der Waals surface area contributed by atoms with Crippen molar-refractivity contribution in [1.29, 1.82) is 0 Å². The van der Waals surface area contributed by atoms with E-state index in [1.807, 2.05) is 20.0 Å². The van der Waals surface area contributed by atoms with Gasteiger partial charge >= 0.3 is 6.18 Å². The van der Waals surface area contributed by atoms with Crippen LogP contribution in [0.1, 0.15) is 18.2 Å². The molecule has 1 atom stereocenters. The maximum absolute atomic E-state index is 12.6. The van der Waals surface area contributed by atoms with Gasteiger partial charge in [0.25, 0.3) is 0 Å². The summed E-state index contributed by atoms with van der Waals surface area (Å²) in [7, 11) is 1.86. The number of aromatic nitrogens is 1. The Kier molecular flexibility index (Phi) is 3.34. The Morgan fingerprint density at radius 1 is 1.28 bits per heavy atom. The third-order valence-corrected chi connectivity index (χ3v) is 3.02. The summed E-state index contributed by atoms with van der Waals surface area (Å²) in [5.41, 5.74) is 0.847. The summed E-state index contributed by atoms with van der Waals surface area (Å²) in [4.78, 5) is 3.03. The summed E-state index contributed by atoms with van der Waals surface area (Å²) in [6.07, 6.45) is -3.54. The minimum absolute atomic E-state index is 0.278. The molecular weight excluding hydrogens is 241 g/mol. The van der Waals surface area contributed by atoms with E-state index < -0.39 is 11.7 Å². The maximum Gasteiger partial charge on any atom is 0.416 e. The molecule has 2 N–H and O–H groups in total. The third-order valence-electron chi connectivity index (χ3n) is 3.02. The quantitative estimate of drug-likeness (QED) is 0.866. The molecule has 2 nitrogen and oxygen atoms in total. The Morgan fingerprint density at radius 3 is 2.61 bits per heavy atom. The fraction of sp³-hybridized carbons (Fsp3) is 0.385. The van der Waals surface area contributed by atoms with Gasteiger partial charge in [0, 0.05) is 23.7 Å². The first-order chi connectivity index (χ1) is 8.40. The van der Waals surface area contributed by atoms with Gasteiger partial charge in [0.2, 0.25) is 0 Å². The zero-order valence-electron chi connectivity index (χ0n) is 10.2. The Hall–Kier alpha value is -1.49. The molecule has 0 saturated carbocycles. The number of aromatic amines is 1. The predicted octanol–water partition coefficient (Wildman–Crippen LogP) is 3.34. The van der Waals surface area contributed by atoms with Crippen LogP contribution >= 0.6 is 0 Å². The highest BCUT2D eigenvalue weighted by atomic mass is 19.4. The summed E-state index contributed by atoms with van der Waals surface area (Å²) in [6.45, 7) is 2.02. The van der Waals surface area contributed by atoms with Gasteiger partial charge in [-0.25, -0.2) is 0 Å². The highest BCUT2D eigenvalue weighted by Gasteiger charge is 2.30. The first kappa shape index (κ1) is 13.0. The number of benzene rings is 1. The van der Waals surface area contributed by atoms with Crippen LogP contribution < -0.4 is 5.32 Å². The molecule has 0 bridgehead atoms. The van der Waals surface area contributed by atoms with Crippen molar-refractivity contribution < 1.29 is 13.2 Å². The van der Waals surface area contributed by atoms with Crippen LogP contribution in [0.15, 0.2) is 24.3 Å². The molecule has 1 aromatic carbocycles. The van der Waals surface area contributed by atoms with E-state index in [9.17, 15) is 13.2 Å². The minimum atomic E-state index is -4.29.